The predicted octanol–water partition coefficient (Wildman–Crippen LogP) is 3.38. The van der Waals surface area contributed by atoms with Gasteiger partial charge >= 0.3 is 6.16 Å². The van der Waals surface area contributed by atoms with Gasteiger partial charge in [-0.15, -0.1) is 4.37 Å². The van der Waals surface area contributed by atoms with Crippen LogP contribution in [0.5, 0.6) is 5.88 Å². The van der Waals surface area contributed by atoms with E-state index in [0.717, 1.165) is 48.8 Å². The number of unbranched alkanes of at least 4 members (excludes halogenated alkanes) is 3. The van der Waals surface area contributed by atoms with Crippen molar-refractivity contribution < 1.29 is 23.9 Å². The number of nitrogens with zero attached hydrogens (tertiary/aromatic N) is 3. The molecule has 0 radical (unpaired) electrons. The van der Waals surface area contributed by atoms with Crippen molar-refractivity contribution in [1.29, 1.82) is 0 Å². The molecule has 1 aliphatic rings. The quantitative estimate of drug-likeness (QED) is 0.415. The highest BCUT2D eigenvalue weighted by atomic mass is 32.1. The fourth-order valence-corrected chi connectivity index (χ4v) is 3.30. The second-order valence-corrected chi connectivity index (χ2v) is 6.91. The number of hydrogen-bond acceptors (Lipinski definition) is 6. The van der Waals surface area contributed by atoms with Crippen LogP contribution in [0.25, 0.3) is 5.57 Å². The Kier molecular flexibility index (Phi) is 6.99. The second kappa shape index (κ2) is 8.98. The van der Waals surface area contributed by atoms with Gasteiger partial charge in [-0.05, 0) is 6.42 Å². The summed E-state index contributed by atoms with van der Waals surface area (Å²) in [5, 5.41) is 8.72. The van der Waals surface area contributed by atoms with Crippen LogP contribution in [-0.2, 0) is 4.74 Å². The van der Waals surface area contributed by atoms with Crippen molar-refractivity contribution in [2.24, 2.45) is 0 Å². The zero-order chi connectivity index (χ0) is 17.4. The van der Waals surface area contributed by atoms with Gasteiger partial charge in [0.1, 0.15) is 12.2 Å². The number of hydrogen-bond donors (Lipinski definition) is 1. The highest BCUT2D eigenvalue weighted by Crippen LogP contribution is 2.29. The summed E-state index contributed by atoms with van der Waals surface area (Å²) in [4.78, 5) is 10.7. The molecule has 2 heterocycles. The predicted molar refractivity (Wildman–Crippen MR) is 92.0 cm³/mol. The molecule has 1 N–H and O–H groups in total. The summed E-state index contributed by atoms with van der Waals surface area (Å²) in [6.07, 6.45) is 6.35. The van der Waals surface area contributed by atoms with Gasteiger partial charge in [-0.2, -0.15) is 4.37 Å². The van der Waals surface area contributed by atoms with Gasteiger partial charge in [-0.1, -0.05) is 32.3 Å². The molecule has 1 aromatic rings. The summed E-state index contributed by atoms with van der Waals surface area (Å²) in [6.45, 7) is 4.46. The van der Waals surface area contributed by atoms with Crippen molar-refractivity contribution in [1.82, 2.24) is 8.75 Å². The number of carbonyl (C=O) groups is 1. The van der Waals surface area contributed by atoms with Crippen molar-refractivity contribution in [2.45, 2.75) is 39.0 Å². The monoisotopic (exact) mass is 356 g/mol. The van der Waals surface area contributed by atoms with Gasteiger partial charge in [0.2, 0.25) is 6.73 Å². The first-order chi connectivity index (χ1) is 11.5. The Labute approximate surface area is 146 Å². The summed E-state index contributed by atoms with van der Waals surface area (Å²) >= 11 is 1.15. The van der Waals surface area contributed by atoms with Crippen molar-refractivity contribution in [2.75, 3.05) is 33.5 Å². The second-order valence-electron chi connectivity index (χ2n) is 6.39. The molecule has 24 heavy (non-hydrogen) atoms. The molecule has 0 spiro atoms. The third-order valence-corrected chi connectivity index (χ3v) is 4.62. The normalized spacial score (nSPS) is 20.5. The van der Waals surface area contributed by atoms with Crippen LogP contribution in [-0.4, -0.2) is 58.0 Å². The Hall–Kier alpha value is -1.67. The van der Waals surface area contributed by atoms with Gasteiger partial charge in [0.15, 0.2) is 0 Å². The summed E-state index contributed by atoms with van der Waals surface area (Å²) < 4.78 is 19.7. The smallest absolute Gasteiger partial charge is 0.475 e. The summed E-state index contributed by atoms with van der Waals surface area (Å²) in [6, 6.07) is 0. The molecule has 8 heteroatoms. The molecule has 134 valence electrons. The zero-order valence-electron chi connectivity index (χ0n) is 14.4. The van der Waals surface area contributed by atoms with Crippen molar-refractivity contribution in [3.63, 3.8) is 0 Å². The van der Waals surface area contributed by atoms with Gasteiger partial charge in [0, 0.05) is 12.0 Å². The van der Waals surface area contributed by atoms with Gasteiger partial charge in [-0.3, -0.25) is 4.48 Å². The molecule has 1 aliphatic heterocycles. The third kappa shape index (κ3) is 5.45. The van der Waals surface area contributed by atoms with Crippen LogP contribution in [0, 0.1) is 0 Å². The molecule has 7 nitrogen and oxygen atoms in total. The van der Waals surface area contributed by atoms with Gasteiger partial charge in [-0.25, -0.2) is 4.79 Å². The van der Waals surface area contributed by atoms with E-state index < -0.39 is 6.16 Å². The molecule has 0 saturated heterocycles. The first-order valence-corrected chi connectivity index (χ1v) is 9.11. The highest BCUT2D eigenvalue weighted by molar-refractivity contribution is 6.99. The number of ether oxygens (including phenoxy) is 2. The molecule has 0 aromatic carbocycles. The van der Waals surface area contributed by atoms with E-state index in [1.807, 2.05) is 7.05 Å². The SMILES string of the molecule is CCCCCCOc1nsnc1C1=CCC[N+](C)(COC(=O)O)C1. The maximum Gasteiger partial charge on any atom is 0.510 e. The van der Waals surface area contributed by atoms with Crippen molar-refractivity contribution in [3.8, 4) is 5.88 Å². The summed E-state index contributed by atoms with van der Waals surface area (Å²) in [5.74, 6) is 0.593. The first-order valence-electron chi connectivity index (χ1n) is 8.38. The number of aromatic nitrogens is 2. The maximum atomic E-state index is 10.7. The molecule has 1 aromatic heterocycles. The largest absolute Gasteiger partial charge is 0.510 e. The van der Waals surface area contributed by atoms with Crippen LogP contribution >= 0.6 is 11.7 Å². The lowest BCUT2D eigenvalue weighted by Gasteiger charge is -2.36. The molecule has 0 fully saturated rings. The van der Waals surface area contributed by atoms with Crippen LogP contribution in [0.1, 0.15) is 44.7 Å². The number of likely N-dealkylation sites (N-methyl/N-ethyl adjacent to an activating group) is 1. The standard InChI is InChI=1S/C16H25N3O4S/c1-3-4-5-6-10-22-15-14(17-24-18-15)13-8-7-9-19(2,11-13)12-23-16(20)21/h8H,3-7,9-12H2,1-2H3/p+1. The molecule has 2 rings (SSSR count). The highest BCUT2D eigenvalue weighted by Gasteiger charge is 2.31. The molecule has 0 aliphatic carbocycles. The Morgan fingerprint density at radius 2 is 2.21 bits per heavy atom. The Morgan fingerprint density at radius 3 is 2.96 bits per heavy atom. The molecule has 0 bridgehead atoms. The average molecular weight is 356 g/mol. The Bertz CT molecular complexity index is 575. The van der Waals surface area contributed by atoms with E-state index in [2.05, 4.69) is 21.7 Å². The lowest BCUT2D eigenvalue weighted by Crippen LogP contribution is -2.49. The lowest BCUT2D eigenvalue weighted by atomic mass is 10.1. The summed E-state index contributed by atoms with van der Waals surface area (Å²) in [5.41, 5.74) is 1.84. The van der Waals surface area contributed by atoms with Crippen LogP contribution in [0.15, 0.2) is 6.08 Å². The summed E-state index contributed by atoms with van der Waals surface area (Å²) in [7, 11) is 1.99. The number of quaternary nitrogens is 1. The lowest BCUT2D eigenvalue weighted by molar-refractivity contribution is -0.919. The zero-order valence-corrected chi connectivity index (χ0v) is 15.2. The topological polar surface area (TPSA) is 81.5 Å². The minimum Gasteiger partial charge on any atom is -0.475 e. The van der Waals surface area contributed by atoms with Crippen LogP contribution < -0.4 is 4.74 Å². The molecule has 0 amide bonds. The fourth-order valence-electron chi connectivity index (χ4n) is 2.77. The van der Waals surface area contributed by atoms with Gasteiger partial charge in [0.05, 0.1) is 31.9 Å². The Balaban J connectivity index is 1.95. The molecule has 0 saturated carbocycles. The minimum atomic E-state index is -1.24. The molecular formula is C16H26N3O4S+. The maximum absolute atomic E-state index is 10.7. The van der Waals surface area contributed by atoms with E-state index in [-0.39, 0.29) is 6.73 Å². The van der Waals surface area contributed by atoms with Crippen LogP contribution in [0.2, 0.25) is 0 Å². The Morgan fingerprint density at radius 1 is 1.38 bits per heavy atom. The van der Waals surface area contributed by atoms with Gasteiger partial charge in [0.25, 0.3) is 5.88 Å². The average Bonchev–Trinajstić information content (AvgIpc) is 3.01. The van der Waals surface area contributed by atoms with E-state index in [9.17, 15) is 4.79 Å². The first kappa shape index (κ1) is 18.7. The molecule has 1 atom stereocenters. The van der Waals surface area contributed by atoms with E-state index in [1.165, 1.54) is 12.8 Å². The molecular weight excluding hydrogens is 330 g/mol. The van der Waals surface area contributed by atoms with E-state index in [1.54, 1.807) is 0 Å². The van der Waals surface area contributed by atoms with Gasteiger partial charge < -0.3 is 14.6 Å². The number of rotatable bonds is 9. The number of carboxylic acid groups (broad SMARTS) is 1. The fraction of sp³-hybridized carbons (Fsp3) is 0.688. The van der Waals surface area contributed by atoms with Crippen LogP contribution in [0.4, 0.5) is 4.79 Å². The molecule has 1 unspecified atom stereocenters. The van der Waals surface area contributed by atoms with Crippen molar-refractivity contribution >= 4 is 23.5 Å². The van der Waals surface area contributed by atoms with E-state index in [0.29, 0.717) is 23.5 Å². The van der Waals surface area contributed by atoms with E-state index in [4.69, 9.17) is 14.6 Å². The minimum absolute atomic E-state index is 0.136. The van der Waals surface area contributed by atoms with E-state index >= 15 is 0 Å². The van der Waals surface area contributed by atoms with Crippen molar-refractivity contribution in [3.05, 3.63) is 11.8 Å². The van der Waals surface area contributed by atoms with Crippen LogP contribution in [0.3, 0.4) is 0 Å². The third-order valence-electron chi connectivity index (χ3n) is 4.11.